The summed E-state index contributed by atoms with van der Waals surface area (Å²) < 4.78 is 7.02. The molecule has 1 unspecified atom stereocenters. The molecule has 3 aromatic rings. The predicted octanol–water partition coefficient (Wildman–Crippen LogP) is 9.79. The molecule has 0 radical (unpaired) electrons. The minimum atomic E-state index is -0.925. The minimum Gasteiger partial charge on any atom is -0.386 e. The average molecular weight is 539 g/mol. The molecule has 2 nitrogen and oxygen atoms in total. The highest BCUT2D eigenvalue weighted by molar-refractivity contribution is 5.83. The second-order valence-corrected chi connectivity index (χ2v) is 15.1. The van der Waals surface area contributed by atoms with Crippen LogP contribution < -0.4 is 0 Å². The van der Waals surface area contributed by atoms with E-state index in [2.05, 4.69) is 136 Å². The van der Waals surface area contributed by atoms with E-state index >= 15 is 0 Å². The van der Waals surface area contributed by atoms with Crippen LogP contribution in [0.15, 0.2) is 60.7 Å². The normalized spacial score (nSPS) is 19.6. The van der Waals surface area contributed by atoms with Crippen LogP contribution in [0.4, 0.5) is 0 Å². The van der Waals surface area contributed by atoms with Crippen LogP contribution in [0.2, 0.25) is 0 Å². The Morgan fingerprint density at radius 2 is 1.38 bits per heavy atom. The molecule has 1 aliphatic rings. The maximum atomic E-state index is 11.1. The molecule has 0 amide bonds. The number of rotatable bonds is 5. The fourth-order valence-corrected chi connectivity index (χ4v) is 6.90. The van der Waals surface area contributed by atoms with Gasteiger partial charge in [0.05, 0.1) is 16.8 Å². The molecule has 1 aliphatic heterocycles. The zero-order chi connectivity index (χ0) is 29.9. The van der Waals surface area contributed by atoms with Gasteiger partial charge in [-0.3, -0.25) is 0 Å². The van der Waals surface area contributed by atoms with Crippen molar-refractivity contribution in [2.24, 2.45) is 0 Å². The van der Waals surface area contributed by atoms with Crippen LogP contribution in [0.5, 0.6) is 0 Å². The maximum absolute atomic E-state index is 11.1. The van der Waals surface area contributed by atoms with Gasteiger partial charge >= 0.3 is 0 Å². The fourth-order valence-electron chi connectivity index (χ4n) is 6.90. The van der Waals surface area contributed by atoms with Gasteiger partial charge in [-0.05, 0) is 102 Å². The second kappa shape index (κ2) is 10.00. The molecule has 0 aliphatic carbocycles. The number of hydrogen-bond acceptors (Lipinski definition) is 2. The Kier molecular flexibility index (Phi) is 7.57. The lowest BCUT2D eigenvalue weighted by atomic mass is 9.74. The van der Waals surface area contributed by atoms with Gasteiger partial charge in [0.25, 0.3) is 0 Å². The van der Waals surface area contributed by atoms with E-state index in [-0.39, 0.29) is 10.8 Å². The number of ether oxygens (including phenoxy) is 1. The van der Waals surface area contributed by atoms with Crippen molar-refractivity contribution < 1.29 is 9.84 Å². The predicted molar refractivity (Wildman–Crippen MR) is 171 cm³/mol. The van der Waals surface area contributed by atoms with E-state index in [1.54, 1.807) is 0 Å². The minimum absolute atomic E-state index is 0.0632. The van der Waals surface area contributed by atoms with Crippen molar-refractivity contribution in [1.29, 1.82) is 0 Å². The standard InChI is InChI=1S/C38H50O2/c1-25(28-19-13-14-20-29(28)34(2,3)4)23-26-17-15-22-31-33(26)37(10,11)40-38(31,12)24-27-18-16-21-30(36(8,9)39)32(27)35(5,6)7/h13-23,39H,24H2,1-12H3/b25-23+. The Balaban J connectivity index is 1.85. The number of aliphatic hydroxyl groups is 1. The summed E-state index contributed by atoms with van der Waals surface area (Å²) in [5, 5.41) is 11.1. The molecule has 214 valence electrons. The van der Waals surface area contributed by atoms with Gasteiger partial charge in [0.1, 0.15) is 0 Å². The summed E-state index contributed by atoms with van der Waals surface area (Å²) in [6.07, 6.45) is 3.08. The summed E-state index contributed by atoms with van der Waals surface area (Å²) in [5.41, 5.74) is 9.14. The van der Waals surface area contributed by atoms with Crippen molar-refractivity contribution in [3.8, 4) is 0 Å². The van der Waals surface area contributed by atoms with E-state index in [0.717, 1.165) is 12.0 Å². The van der Waals surface area contributed by atoms with Crippen LogP contribution >= 0.6 is 0 Å². The third kappa shape index (κ3) is 5.71. The first-order valence-electron chi connectivity index (χ1n) is 14.7. The average Bonchev–Trinajstić information content (AvgIpc) is 3.02. The van der Waals surface area contributed by atoms with E-state index in [1.807, 2.05) is 13.8 Å². The van der Waals surface area contributed by atoms with E-state index in [0.29, 0.717) is 0 Å². The molecule has 1 atom stereocenters. The fraction of sp³-hybridized carbons (Fsp3) is 0.474. The Bertz CT molecular complexity index is 1430. The van der Waals surface area contributed by atoms with Gasteiger partial charge in [-0.15, -0.1) is 0 Å². The van der Waals surface area contributed by atoms with E-state index in [9.17, 15) is 5.11 Å². The van der Waals surface area contributed by atoms with Gasteiger partial charge in [0, 0.05) is 6.42 Å². The summed E-state index contributed by atoms with van der Waals surface area (Å²) >= 11 is 0. The number of benzene rings is 3. The molecule has 4 rings (SSSR count). The highest BCUT2D eigenvalue weighted by atomic mass is 16.5. The monoisotopic (exact) mass is 538 g/mol. The summed E-state index contributed by atoms with van der Waals surface area (Å²) in [6.45, 7) is 26.2. The summed E-state index contributed by atoms with van der Waals surface area (Å²) in [7, 11) is 0. The quantitative estimate of drug-likeness (QED) is 0.328. The van der Waals surface area contributed by atoms with E-state index in [1.165, 1.54) is 44.5 Å². The molecule has 0 aromatic heterocycles. The molecule has 0 bridgehead atoms. The maximum Gasteiger partial charge on any atom is 0.0959 e. The van der Waals surface area contributed by atoms with Crippen LogP contribution in [0.3, 0.4) is 0 Å². The third-order valence-electron chi connectivity index (χ3n) is 8.37. The third-order valence-corrected chi connectivity index (χ3v) is 8.37. The molecular weight excluding hydrogens is 488 g/mol. The lowest BCUT2D eigenvalue weighted by molar-refractivity contribution is -0.115. The van der Waals surface area contributed by atoms with E-state index in [4.69, 9.17) is 4.74 Å². The van der Waals surface area contributed by atoms with Crippen LogP contribution in [0.25, 0.3) is 11.6 Å². The first-order valence-corrected chi connectivity index (χ1v) is 14.7. The van der Waals surface area contributed by atoms with Crippen molar-refractivity contribution in [3.05, 3.63) is 105 Å². The van der Waals surface area contributed by atoms with Crippen LogP contribution in [0.1, 0.15) is 128 Å². The van der Waals surface area contributed by atoms with Crippen molar-refractivity contribution in [2.75, 3.05) is 0 Å². The molecule has 0 saturated carbocycles. The van der Waals surface area contributed by atoms with Gasteiger partial charge in [0.15, 0.2) is 0 Å². The molecule has 0 fully saturated rings. The highest BCUT2D eigenvalue weighted by Gasteiger charge is 2.47. The van der Waals surface area contributed by atoms with Crippen LogP contribution in [-0.4, -0.2) is 5.11 Å². The second-order valence-electron chi connectivity index (χ2n) is 15.1. The molecule has 2 heteroatoms. The largest absolute Gasteiger partial charge is 0.386 e. The van der Waals surface area contributed by atoms with E-state index < -0.39 is 16.8 Å². The van der Waals surface area contributed by atoms with Crippen molar-refractivity contribution in [1.82, 2.24) is 0 Å². The van der Waals surface area contributed by atoms with Crippen LogP contribution in [-0.2, 0) is 38.8 Å². The molecule has 0 spiro atoms. The van der Waals surface area contributed by atoms with Crippen molar-refractivity contribution in [3.63, 3.8) is 0 Å². The Hall–Kier alpha value is -2.68. The lowest BCUT2D eigenvalue weighted by Crippen LogP contribution is -2.31. The summed E-state index contributed by atoms with van der Waals surface area (Å²) in [5.74, 6) is 0. The molecule has 3 aromatic carbocycles. The highest BCUT2D eigenvalue weighted by Crippen LogP contribution is 2.51. The zero-order valence-corrected chi connectivity index (χ0v) is 26.9. The Labute approximate surface area is 243 Å². The number of hydrogen-bond donors (Lipinski definition) is 1. The van der Waals surface area contributed by atoms with Crippen molar-refractivity contribution in [2.45, 2.75) is 117 Å². The SMILES string of the molecule is C/C(=C\c1cccc2c1C(C)(C)OC2(C)Cc1cccc(C(C)(C)O)c1C(C)(C)C)c1ccccc1C(C)(C)C. The smallest absolute Gasteiger partial charge is 0.0959 e. The van der Waals surface area contributed by atoms with Gasteiger partial charge in [-0.25, -0.2) is 0 Å². The topological polar surface area (TPSA) is 29.5 Å². The van der Waals surface area contributed by atoms with Gasteiger partial charge in [0.2, 0.25) is 0 Å². The van der Waals surface area contributed by atoms with Crippen LogP contribution in [0, 0.1) is 0 Å². The number of allylic oxidation sites excluding steroid dienone is 1. The molecule has 1 N–H and O–H groups in total. The zero-order valence-electron chi connectivity index (χ0n) is 26.9. The molecular formula is C38H50O2. The molecule has 1 heterocycles. The Morgan fingerprint density at radius 3 is 1.98 bits per heavy atom. The lowest BCUT2D eigenvalue weighted by Gasteiger charge is -2.35. The molecule has 0 saturated heterocycles. The first-order chi connectivity index (χ1) is 18.3. The number of fused-ring (bicyclic) bond motifs is 1. The van der Waals surface area contributed by atoms with Crippen molar-refractivity contribution >= 4 is 11.6 Å². The summed E-state index contributed by atoms with van der Waals surface area (Å²) in [4.78, 5) is 0. The summed E-state index contributed by atoms with van der Waals surface area (Å²) in [6, 6.07) is 21.8. The van der Waals surface area contributed by atoms with Gasteiger partial charge < -0.3 is 9.84 Å². The Morgan fingerprint density at radius 1 is 0.775 bits per heavy atom. The first kappa shape index (κ1) is 30.3. The van der Waals surface area contributed by atoms with Gasteiger partial charge in [-0.1, -0.05) is 108 Å². The molecule has 40 heavy (non-hydrogen) atoms. The van der Waals surface area contributed by atoms with Gasteiger partial charge in [-0.2, -0.15) is 0 Å².